The van der Waals surface area contributed by atoms with Gasteiger partial charge in [0.15, 0.2) is 0 Å². The number of aryl methyl sites for hydroxylation is 1. The average Bonchev–Trinajstić information content (AvgIpc) is 3.08. The summed E-state index contributed by atoms with van der Waals surface area (Å²) in [5.41, 5.74) is 4.80. The van der Waals surface area contributed by atoms with Gasteiger partial charge in [0, 0.05) is 25.5 Å². The molecule has 0 amide bonds. The fraction of sp³-hybridized carbons (Fsp3) is 0.261. The fourth-order valence-electron chi connectivity index (χ4n) is 3.35. The predicted octanol–water partition coefficient (Wildman–Crippen LogP) is 4.62. The van der Waals surface area contributed by atoms with Crippen molar-refractivity contribution in [3.63, 3.8) is 0 Å². The second-order valence-corrected chi connectivity index (χ2v) is 7.00. The monoisotopic (exact) mass is 388 g/mol. The first-order chi connectivity index (χ1) is 14.1. The van der Waals surface area contributed by atoms with Crippen molar-refractivity contribution in [1.29, 1.82) is 0 Å². The molecule has 148 valence electrons. The first-order valence-corrected chi connectivity index (χ1v) is 9.70. The first-order valence-electron chi connectivity index (χ1n) is 9.70. The maximum absolute atomic E-state index is 5.96. The topological polar surface area (TPSA) is 64.3 Å². The Hall–Kier alpha value is -3.25. The number of para-hydroxylation sites is 1. The molecule has 4 rings (SSSR count). The van der Waals surface area contributed by atoms with E-state index in [0.717, 1.165) is 40.3 Å². The number of hydrogen-bond acceptors (Lipinski definition) is 6. The maximum Gasteiger partial charge on any atom is 0.230 e. The number of ether oxygens (including phenoxy) is 1. The van der Waals surface area contributed by atoms with E-state index in [1.54, 1.807) is 12.4 Å². The molecular weight excluding hydrogens is 364 g/mol. The quantitative estimate of drug-likeness (QED) is 0.460. The van der Waals surface area contributed by atoms with Crippen LogP contribution >= 0.6 is 0 Å². The van der Waals surface area contributed by atoms with Gasteiger partial charge in [-0.3, -0.25) is 14.9 Å². The molecule has 29 heavy (non-hydrogen) atoms. The number of rotatable bonds is 7. The third-order valence-electron chi connectivity index (χ3n) is 4.72. The van der Waals surface area contributed by atoms with E-state index in [-0.39, 0.29) is 0 Å². The lowest BCUT2D eigenvalue weighted by atomic mass is 10.2. The van der Waals surface area contributed by atoms with Crippen LogP contribution < -0.4 is 4.74 Å². The van der Waals surface area contributed by atoms with Gasteiger partial charge < -0.3 is 9.15 Å². The third-order valence-corrected chi connectivity index (χ3v) is 4.72. The Kier molecular flexibility index (Phi) is 5.53. The van der Waals surface area contributed by atoms with Crippen LogP contribution in [0, 0.1) is 6.92 Å². The Balaban J connectivity index is 1.50. The molecule has 0 aliphatic carbocycles. The normalized spacial score (nSPS) is 11.3. The number of benzene rings is 2. The summed E-state index contributed by atoms with van der Waals surface area (Å²) in [6.07, 6.45) is 3.43. The van der Waals surface area contributed by atoms with Gasteiger partial charge in [-0.25, -0.2) is 4.98 Å². The van der Waals surface area contributed by atoms with Gasteiger partial charge in [-0.1, -0.05) is 18.2 Å². The van der Waals surface area contributed by atoms with Crippen LogP contribution in [-0.4, -0.2) is 33.5 Å². The zero-order valence-electron chi connectivity index (χ0n) is 16.9. The molecule has 0 aliphatic rings. The fourth-order valence-corrected chi connectivity index (χ4v) is 3.35. The molecule has 0 aliphatic heterocycles. The summed E-state index contributed by atoms with van der Waals surface area (Å²) in [6.45, 7) is 5.99. The van der Waals surface area contributed by atoms with E-state index in [0.29, 0.717) is 19.0 Å². The van der Waals surface area contributed by atoms with Crippen LogP contribution in [0.2, 0.25) is 0 Å². The molecule has 0 atom stereocenters. The molecule has 0 radical (unpaired) electrons. The predicted molar refractivity (Wildman–Crippen MR) is 113 cm³/mol. The van der Waals surface area contributed by atoms with Crippen LogP contribution in [0.1, 0.15) is 23.9 Å². The van der Waals surface area contributed by atoms with Gasteiger partial charge in [-0.05, 0) is 50.7 Å². The lowest BCUT2D eigenvalue weighted by Crippen LogP contribution is -2.18. The van der Waals surface area contributed by atoms with E-state index in [1.807, 2.05) is 44.2 Å². The summed E-state index contributed by atoms with van der Waals surface area (Å²) in [7, 11) is 2.07. The van der Waals surface area contributed by atoms with Crippen molar-refractivity contribution in [2.75, 3.05) is 13.7 Å². The number of hydrogen-bond donors (Lipinski definition) is 0. The second kappa shape index (κ2) is 8.41. The molecule has 0 saturated heterocycles. The van der Waals surface area contributed by atoms with Crippen LogP contribution in [0.4, 0.5) is 0 Å². The van der Waals surface area contributed by atoms with E-state index in [1.165, 1.54) is 5.56 Å². The van der Waals surface area contributed by atoms with Gasteiger partial charge in [0.05, 0.1) is 28.9 Å². The van der Waals surface area contributed by atoms with E-state index in [4.69, 9.17) is 14.1 Å². The molecule has 6 heteroatoms. The number of nitrogens with zero attached hydrogens (tertiary/aromatic N) is 4. The van der Waals surface area contributed by atoms with Gasteiger partial charge in [-0.2, -0.15) is 0 Å². The molecule has 0 spiro atoms. The van der Waals surface area contributed by atoms with Crippen LogP contribution in [0.5, 0.6) is 5.75 Å². The highest BCUT2D eigenvalue weighted by Crippen LogP contribution is 2.31. The van der Waals surface area contributed by atoms with Crippen molar-refractivity contribution >= 4 is 11.0 Å². The lowest BCUT2D eigenvalue weighted by molar-refractivity contribution is 0.313. The van der Waals surface area contributed by atoms with Gasteiger partial charge in [-0.15, -0.1) is 0 Å². The maximum atomic E-state index is 5.96. The Labute approximate surface area is 170 Å². The zero-order chi connectivity index (χ0) is 20.2. The molecule has 0 saturated carbocycles. The van der Waals surface area contributed by atoms with Gasteiger partial charge in [0.25, 0.3) is 0 Å². The molecule has 4 aromatic rings. The standard InChI is InChI=1S/C23H24N4O2/c1-4-28-22-8-6-5-7-18(22)23-26-21(16(2)29-23)15-27(3)14-17-9-10-19-20(13-17)25-12-11-24-19/h5-13H,4,14-15H2,1-3H3. The minimum atomic E-state index is 0.593. The molecule has 0 bridgehead atoms. The van der Waals surface area contributed by atoms with Crippen molar-refractivity contribution in [2.24, 2.45) is 0 Å². The summed E-state index contributed by atoms with van der Waals surface area (Å²) in [4.78, 5) is 15.7. The molecule has 0 unspecified atom stereocenters. The molecule has 2 aromatic heterocycles. The Bertz CT molecular complexity index is 1120. The van der Waals surface area contributed by atoms with Gasteiger partial charge in [0.2, 0.25) is 5.89 Å². The summed E-state index contributed by atoms with van der Waals surface area (Å²) in [6, 6.07) is 14.0. The van der Waals surface area contributed by atoms with Crippen LogP contribution in [0.25, 0.3) is 22.5 Å². The highest BCUT2D eigenvalue weighted by atomic mass is 16.5. The minimum absolute atomic E-state index is 0.593. The van der Waals surface area contributed by atoms with E-state index in [9.17, 15) is 0 Å². The average molecular weight is 388 g/mol. The Morgan fingerprint density at radius 1 is 1.00 bits per heavy atom. The summed E-state index contributed by atoms with van der Waals surface area (Å²) < 4.78 is 11.7. The summed E-state index contributed by atoms with van der Waals surface area (Å²) in [5.74, 6) is 2.20. The van der Waals surface area contributed by atoms with Gasteiger partial charge in [0.1, 0.15) is 11.5 Å². The van der Waals surface area contributed by atoms with Crippen molar-refractivity contribution in [3.8, 4) is 17.2 Å². The molecular formula is C23H24N4O2. The number of aromatic nitrogens is 3. The lowest BCUT2D eigenvalue weighted by Gasteiger charge is -2.15. The largest absolute Gasteiger partial charge is 0.493 e. The number of oxazole rings is 1. The van der Waals surface area contributed by atoms with E-state index in [2.05, 4.69) is 34.0 Å². The van der Waals surface area contributed by atoms with Gasteiger partial charge >= 0.3 is 0 Å². The highest BCUT2D eigenvalue weighted by molar-refractivity contribution is 5.74. The molecule has 2 heterocycles. The van der Waals surface area contributed by atoms with Crippen LogP contribution in [0.15, 0.2) is 59.3 Å². The van der Waals surface area contributed by atoms with Crippen molar-refractivity contribution in [2.45, 2.75) is 26.9 Å². The SMILES string of the molecule is CCOc1ccccc1-c1nc(CN(C)Cc2ccc3nccnc3c2)c(C)o1. The van der Waals surface area contributed by atoms with Crippen molar-refractivity contribution < 1.29 is 9.15 Å². The molecule has 0 N–H and O–H groups in total. The summed E-state index contributed by atoms with van der Waals surface area (Å²) >= 11 is 0. The van der Waals surface area contributed by atoms with Crippen LogP contribution in [0.3, 0.4) is 0 Å². The first kappa shape index (κ1) is 19.1. The molecule has 0 fully saturated rings. The van der Waals surface area contributed by atoms with E-state index >= 15 is 0 Å². The van der Waals surface area contributed by atoms with Crippen molar-refractivity contribution in [1.82, 2.24) is 19.9 Å². The summed E-state index contributed by atoms with van der Waals surface area (Å²) in [5, 5.41) is 0. The molecule has 2 aromatic carbocycles. The van der Waals surface area contributed by atoms with E-state index < -0.39 is 0 Å². The zero-order valence-corrected chi connectivity index (χ0v) is 16.9. The van der Waals surface area contributed by atoms with Crippen LogP contribution in [-0.2, 0) is 13.1 Å². The molecule has 6 nitrogen and oxygen atoms in total. The minimum Gasteiger partial charge on any atom is -0.493 e. The smallest absolute Gasteiger partial charge is 0.230 e. The second-order valence-electron chi connectivity index (χ2n) is 7.00. The highest BCUT2D eigenvalue weighted by Gasteiger charge is 2.16. The Morgan fingerprint density at radius 3 is 2.62 bits per heavy atom. The number of fused-ring (bicyclic) bond motifs is 1. The Morgan fingerprint density at radius 2 is 1.79 bits per heavy atom. The van der Waals surface area contributed by atoms with Crippen molar-refractivity contribution in [3.05, 3.63) is 71.9 Å². The third kappa shape index (κ3) is 4.27.